The van der Waals surface area contributed by atoms with Crippen LogP contribution in [-0.2, 0) is 14.4 Å². The van der Waals surface area contributed by atoms with Gasteiger partial charge in [-0.3, -0.25) is 19.9 Å². The Kier molecular flexibility index (Phi) is 6.06. The number of rotatable bonds is 7. The van der Waals surface area contributed by atoms with Gasteiger partial charge in [0, 0.05) is 18.1 Å². The van der Waals surface area contributed by atoms with Crippen LogP contribution < -0.4 is 16.8 Å². The van der Waals surface area contributed by atoms with E-state index in [1.54, 1.807) is 29.3 Å². The number of nitrogens with one attached hydrogen (secondary N) is 2. The topological polar surface area (TPSA) is 211 Å². The maximum atomic E-state index is 12.9. The number of nitrogen functional groups attached to an aromatic ring is 1. The summed E-state index contributed by atoms with van der Waals surface area (Å²) in [5, 5.41) is 34.0. The van der Waals surface area contributed by atoms with Crippen molar-refractivity contribution in [1.82, 2.24) is 20.1 Å². The number of oxime groups is 1. The number of carbonyl (C=O) groups is 3. The first kappa shape index (κ1) is 23.0. The van der Waals surface area contributed by atoms with Crippen molar-refractivity contribution in [2.24, 2.45) is 10.9 Å². The lowest BCUT2D eigenvalue weighted by Gasteiger charge is -2.50. The maximum absolute atomic E-state index is 12.9. The van der Waals surface area contributed by atoms with Crippen LogP contribution in [0.5, 0.6) is 0 Å². The summed E-state index contributed by atoms with van der Waals surface area (Å²) < 4.78 is 0. The van der Waals surface area contributed by atoms with Gasteiger partial charge in [-0.15, -0.1) is 11.3 Å². The van der Waals surface area contributed by atoms with Crippen LogP contribution in [0.1, 0.15) is 18.5 Å². The van der Waals surface area contributed by atoms with Gasteiger partial charge >= 0.3 is 5.97 Å². The van der Waals surface area contributed by atoms with E-state index >= 15 is 0 Å². The number of amides is 2. The van der Waals surface area contributed by atoms with Gasteiger partial charge in [-0.05, 0) is 24.5 Å². The number of nitrogens with two attached hydrogens (primary N) is 2. The Morgan fingerprint density at radius 2 is 2.15 bits per heavy atom. The third kappa shape index (κ3) is 3.98. The minimum Gasteiger partial charge on any atom is -0.477 e. The normalized spacial score (nSPS) is 24.1. The number of anilines is 1. The third-order valence-corrected chi connectivity index (χ3v) is 6.51. The molecule has 0 aliphatic carbocycles. The molecule has 1 fully saturated rings. The van der Waals surface area contributed by atoms with Gasteiger partial charge in [0.2, 0.25) is 0 Å². The standard InChI is InChI=1S/C20H22N8O5S/c21-16(22)12-3-1-2-6-27(12)7-9-4-5-11-14(18(30)28(11)15(9)19(31)32)25-17(29)13(26-33)10-8-34-20(23)24-10/h1-3,6,8,11-12,14,33H,4-5,7H2,(H3,21,22)(H2,23,24)(H,25,29)(H,31,32)/b26-13-/t11?,12?,14-/m0/s1. The van der Waals surface area contributed by atoms with E-state index in [9.17, 15) is 24.7 Å². The van der Waals surface area contributed by atoms with Crippen LogP contribution in [0.25, 0.3) is 0 Å². The summed E-state index contributed by atoms with van der Waals surface area (Å²) in [6.07, 6.45) is 7.73. The molecule has 0 aromatic carbocycles. The molecule has 3 atom stereocenters. The van der Waals surface area contributed by atoms with Gasteiger partial charge < -0.3 is 32.0 Å². The number of carboxylic acids is 1. The average molecular weight is 487 g/mol. The number of nitrogens with zero attached hydrogens (tertiary/aromatic N) is 4. The number of hydrogen-bond donors (Lipinski definition) is 6. The average Bonchev–Trinajstić information content (AvgIpc) is 3.23. The third-order valence-electron chi connectivity index (χ3n) is 5.84. The molecule has 13 nitrogen and oxygen atoms in total. The number of carboxylic acid groups (broad SMARTS) is 1. The molecule has 0 spiro atoms. The molecular weight excluding hydrogens is 464 g/mol. The van der Waals surface area contributed by atoms with Crippen molar-refractivity contribution in [2.75, 3.05) is 12.3 Å². The lowest BCUT2D eigenvalue weighted by molar-refractivity contribution is -0.155. The van der Waals surface area contributed by atoms with Crippen LogP contribution in [0.4, 0.5) is 5.13 Å². The summed E-state index contributed by atoms with van der Waals surface area (Å²) in [5.74, 6) is -2.76. The first-order valence-electron chi connectivity index (χ1n) is 10.2. The summed E-state index contributed by atoms with van der Waals surface area (Å²) in [6.45, 7) is 0.173. The van der Waals surface area contributed by atoms with Crippen molar-refractivity contribution < 1.29 is 24.7 Å². The zero-order valence-corrected chi connectivity index (χ0v) is 18.5. The lowest BCUT2D eigenvalue weighted by Crippen LogP contribution is -2.72. The molecule has 0 bridgehead atoms. The molecule has 0 saturated carbocycles. The van der Waals surface area contributed by atoms with E-state index in [1.807, 2.05) is 0 Å². The van der Waals surface area contributed by atoms with Gasteiger partial charge in [-0.25, -0.2) is 9.78 Å². The van der Waals surface area contributed by atoms with Crippen LogP contribution in [0.3, 0.4) is 0 Å². The molecule has 1 saturated heterocycles. The van der Waals surface area contributed by atoms with Crippen LogP contribution in [-0.4, -0.2) is 79.1 Å². The van der Waals surface area contributed by atoms with E-state index in [2.05, 4.69) is 15.5 Å². The second-order valence-corrected chi connectivity index (χ2v) is 8.73. The van der Waals surface area contributed by atoms with E-state index < -0.39 is 41.6 Å². The van der Waals surface area contributed by atoms with Crippen molar-refractivity contribution in [3.8, 4) is 0 Å². The fourth-order valence-corrected chi connectivity index (χ4v) is 4.85. The number of fused-ring (bicyclic) bond motifs is 1. The zero-order chi connectivity index (χ0) is 24.6. The number of thiazole rings is 1. The minimum absolute atomic E-state index is 0.0619. The first-order valence-corrected chi connectivity index (χ1v) is 11.1. The Labute approximate surface area is 197 Å². The van der Waals surface area contributed by atoms with Crippen LogP contribution in [0, 0.1) is 5.41 Å². The van der Waals surface area contributed by atoms with Gasteiger partial charge in [0.15, 0.2) is 10.8 Å². The molecule has 34 heavy (non-hydrogen) atoms. The van der Waals surface area contributed by atoms with Gasteiger partial charge in [0.1, 0.15) is 29.3 Å². The molecule has 4 rings (SSSR count). The molecule has 178 valence electrons. The Balaban J connectivity index is 1.52. The predicted molar refractivity (Wildman–Crippen MR) is 122 cm³/mol. The monoisotopic (exact) mass is 486 g/mol. The summed E-state index contributed by atoms with van der Waals surface area (Å²) in [6, 6.07) is -2.05. The Bertz CT molecular complexity index is 1190. The predicted octanol–water partition coefficient (Wildman–Crippen LogP) is -0.578. The molecule has 14 heteroatoms. The van der Waals surface area contributed by atoms with E-state index in [-0.39, 0.29) is 28.9 Å². The van der Waals surface area contributed by atoms with Crippen LogP contribution >= 0.6 is 11.3 Å². The molecule has 1 aromatic heterocycles. The van der Waals surface area contributed by atoms with Gasteiger partial charge in [-0.2, -0.15) is 0 Å². The fraction of sp³-hybridized carbons (Fsp3) is 0.300. The van der Waals surface area contributed by atoms with Gasteiger partial charge in [-0.1, -0.05) is 17.3 Å². The number of β-lactam (4-membered cyclic amide) rings is 1. The molecule has 1 aromatic rings. The molecular formula is C20H22N8O5S. The SMILES string of the molecule is N=C(N)C1C=CC=CN1CC1=C(C(=O)O)N2C(=O)[C@@H](NC(=O)/C(=N\O)c3csc(N)n3)C2CC1. The van der Waals surface area contributed by atoms with E-state index in [1.165, 1.54) is 10.3 Å². The molecule has 8 N–H and O–H groups in total. The van der Waals surface area contributed by atoms with Crippen LogP contribution in [0.2, 0.25) is 0 Å². The number of hydrogen-bond acceptors (Lipinski definition) is 10. The number of aliphatic carboxylic acids is 1. The van der Waals surface area contributed by atoms with E-state index in [0.29, 0.717) is 18.4 Å². The Morgan fingerprint density at radius 1 is 1.38 bits per heavy atom. The molecule has 3 aliphatic rings. The number of aromatic nitrogens is 1. The fourth-order valence-electron chi connectivity index (χ4n) is 4.30. The second-order valence-electron chi connectivity index (χ2n) is 7.84. The largest absolute Gasteiger partial charge is 0.477 e. The summed E-state index contributed by atoms with van der Waals surface area (Å²) in [5.41, 5.74) is 11.3. The van der Waals surface area contributed by atoms with Crippen molar-refractivity contribution in [3.63, 3.8) is 0 Å². The van der Waals surface area contributed by atoms with Gasteiger partial charge in [0.25, 0.3) is 11.8 Å². The summed E-state index contributed by atoms with van der Waals surface area (Å²) in [4.78, 5) is 44.4. The maximum Gasteiger partial charge on any atom is 0.352 e. The quantitative estimate of drug-likeness (QED) is 0.0955. The second kappa shape index (κ2) is 8.97. The molecule has 4 heterocycles. The first-order chi connectivity index (χ1) is 16.2. The minimum atomic E-state index is -1.26. The highest BCUT2D eigenvalue weighted by molar-refractivity contribution is 7.13. The van der Waals surface area contributed by atoms with Crippen molar-refractivity contribution in [3.05, 3.63) is 46.8 Å². The zero-order valence-electron chi connectivity index (χ0n) is 17.7. The molecule has 2 unspecified atom stereocenters. The smallest absolute Gasteiger partial charge is 0.352 e. The molecule has 3 aliphatic heterocycles. The van der Waals surface area contributed by atoms with E-state index in [0.717, 1.165) is 11.3 Å². The highest BCUT2D eigenvalue weighted by Crippen LogP contribution is 2.37. The Hall–Kier alpha value is -4.20. The van der Waals surface area contributed by atoms with Crippen molar-refractivity contribution in [2.45, 2.75) is 31.0 Å². The molecule has 0 radical (unpaired) electrons. The number of carbonyl (C=O) groups excluding carboxylic acids is 2. The highest BCUT2D eigenvalue weighted by atomic mass is 32.1. The highest BCUT2D eigenvalue weighted by Gasteiger charge is 2.53. The van der Waals surface area contributed by atoms with Crippen molar-refractivity contribution >= 4 is 45.8 Å². The molecule has 2 amide bonds. The number of amidine groups is 1. The van der Waals surface area contributed by atoms with Crippen LogP contribution in [0.15, 0.2) is 46.2 Å². The summed E-state index contributed by atoms with van der Waals surface area (Å²) in [7, 11) is 0. The number of allylic oxidation sites excluding steroid dienone is 2. The van der Waals surface area contributed by atoms with Gasteiger partial charge in [0.05, 0.1) is 6.04 Å². The van der Waals surface area contributed by atoms with E-state index in [4.69, 9.17) is 16.9 Å². The lowest BCUT2D eigenvalue weighted by atomic mass is 9.83. The summed E-state index contributed by atoms with van der Waals surface area (Å²) >= 11 is 1.06. The van der Waals surface area contributed by atoms with Crippen molar-refractivity contribution in [1.29, 1.82) is 5.41 Å². The Morgan fingerprint density at radius 3 is 2.76 bits per heavy atom.